The number of aryl methyl sites for hydroxylation is 1. The van der Waals surface area contributed by atoms with E-state index in [4.69, 9.17) is 14.2 Å². The van der Waals surface area contributed by atoms with Crippen molar-refractivity contribution in [3.63, 3.8) is 0 Å². The average Bonchev–Trinajstić information content (AvgIpc) is 3.50. The third kappa shape index (κ3) is 5.22. The lowest BCUT2D eigenvalue weighted by atomic mass is 10.1. The Bertz CT molecular complexity index is 1490. The number of para-hydroxylation sites is 1. The van der Waals surface area contributed by atoms with Crippen LogP contribution in [0.3, 0.4) is 0 Å². The summed E-state index contributed by atoms with van der Waals surface area (Å²) >= 11 is 0. The van der Waals surface area contributed by atoms with Gasteiger partial charge in [0.25, 0.3) is 0 Å². The minimum atomic E-state index is -1.13. The predicted molar refractivity (Wildman–Crippen MR) is 141 cm³/mol. The van der Waals surface area contributed by atoms with Gasteiger partial charge in [0.15, 0.2) is 6.10 Å². The third-order valence-electron chi connectivity index (χ3n) is 6.11. The van der Waals surface area contributed by atoms with E-state index in [-0.39, 0.29) is 17.9 Å². The number of hydrogen-bond donors (Lipinski definition) is 1. The standard InChI is InChI=1S/C29H29N3O6/c1-6-37-29(35)24-17(2)25(30-18(24)3)27(33)19(4)38-28(34)23-16-32(21-12-8-7-9-13-21)31-26(23)20-11-10-14-22(15-20)36-5/h7-16,19,30H,6H2,1-5H3/t19-/m1/s1. The van der Waals surface area contributed by atoms with Crippen molar-refractivity contribution in [2.75, 3.05) is 13.7 Å². The van der Waals surface area contributed by atoms with Gasteiger partial charge in [-0.15, -0.1) is 0 Å². The minimum Gasteiger partial charge on any atom is -0.497 e. The predicted octanol–water partition coefficient (Wildman–Crippen LogP) is 5.10. The number of aromatic nitrogens is 3. The maximum atomic E-state index is 13.4. The van der Waals surface area contributed by atoms with Crippen LogP contribution in [0.1, 0.15) is 56.3 Å². The van der Waals surface area contributed by atoms with E-state index in [2.05, 4.69) is 10.1 Å². The van der Waals surface area contributed by atoms with Crippen LogP contribution in [0.4, 0.5) is 0 Å². The molecule has 4 aromatic rings. The van der Waals surface area contributed by atoms with Gasteiger partial charge in [-0.2, -0.15) is 5.10 Å². The summed E-state index contributed by atoms with van der Waals surface area (Å²) in [4.78, 5) is 41.9. The van der Waals surface area contributed by atoms with Gasteiger partial charge in [0.1, 0.15) is 17.0 Å². The topological polar surface area (TPSA) is 113 Å². The maximum Gasteiger partial charge on any atom is 0.342 e. The van der Waals surface area contributed by atoms with Gasteiger partial charge < -0.3 is 19.2 Å². The van der Waals surface area contributed by atoms with Crippen molar-refractivity contribution >= 4 is 17.7 Å². The molecule has 0 aliphatic rings. The molecule has 9 nitrogen and oxygen atoms in total. The van der Waals surface area contributed by atoms with E-state index in [0.29, 0.717) is 33.8 Å². The lowest BCUT2D eigenvalue weighted by Gasteiger charge is -2.12. The zero-order valence-electron chi connectivity index (χ0n) is 21.9. The van der Waals surface area contributed by atoms with Crippen LogP contribution >= 0.6 is 0 Å². The highest BCUT2D eigenvalue weighted by atomic mass is 16.5. The largest absolute Gasteiger partial charge is 0.497 e. The second-order valence-corrected chi connectivity index (χ2v) is 8.66. The number of nitrogens with one attached hydrogen (secondary N) is 1. The zero-order chi connectivity index (χ0) is 27.4. The van der Waals surface area contributed by atoms with Crippen LogP contribution in [-0.2, 0) is 9.47 Å². The van der Waals surface area contributed by atoms with Crippen molar-refractivity contribution in [3.05, 3.63) is 88.9 Å². The summed E-state index contributed by atoms with van der Waals surface area (Å²) in [5.74, 6) is -1.08. The Morgan fingerprint density at radius 2 is 1.76 bits per heavy atom. The highest BCUT2D eigenvalue weighted by Crippen LogP contribution is 2.28. The molecule has 9 heteroatoms. The minimum absolute atomic E-state index is 0.188. The van der Waals surface area contributed by atoms with Gasteiger partial charge in [-0.25, -0.2) is 14.3 Å². The summed E-state index contributed by atoms with van der Waals surface area (Å²) in [7, 11) is 1.56. The molecular formula is C29H29N3O6. The highest BCUT2D eigenvalue weighted by molar-refractivity contribution is 6.05. The number of esters is 2. The van der Waals surface area contributed by atoms with Crippen LogP contribution in [0.25, 0.3) is 16.9 Å². The Morgan fingerprint density at radius 1 is 1.03 bits per heavy atom. The van der Waals surface area contributed by atoms with Gasteiger partial charge in [0.05, 0.1) is 30.7 Å². The molecule has 38 heavy (non-hydrogen) atoms. The molecular weight excluding hydrogens is 486 g/mol. The lowest BCUT2D eigenvalue weighted by Crippen LogP contribution is -2.25. The first kappa shape index (κ1) is 26.4. The fourth-order valence-corrected chi connectivity index (χ4v) is 4.21. The first-order valence-electron chi connectivity index (χ1n) is 12.2. The normalized spacial score (nSPS) is 11.6. The maximum absolute atomic E-state index is 13.4. The molecule has 0 radical (unpaired) electrons. The molecule has 0 saturated carbocycles. The van der Waals surface area contributed by atoms with Crippen molar-refractivity contribution in [1.82, 2.24) is 14.8 Å². The van der Waals surface area contributed by atoms with Crippen LogP contribution in [0, 0.1) is 13.8 Å². The second-order valence-electron chi connectivity index (χ2n) is 8.66. The fraction of sp³-hybridized carbons (Fsp3) is 0.241. The van der Waals surface area contributed by atoms with Gasteiger partial charge in [-0.05, 0) is 57.5 Å². The van der Waals surface area contributed by atoms with Gasteiger partial charge in [-0.1, -0.05) is 30.3 Å². The SMILES string of the molecule is CCOC(=O)c1c(C)[nH]c(C(=O)[C@@H](C)OC(=O)c2cn(-c3ccccc3)nc2-c2cccc(OC)c2)c1C. The third-order valence-corrected chi connectivity index (χ3v) is 6.11. The van der Waals surface area contributed by atoms with E-state index in [1.807, 2.05) is 36.4 Å². The van der Waals surface area contributed by atoms with E-state index in [1.54, 1.807) is 57.0 Å². The molecule has 0 aliphatic heterocycles. The lowest BCUT2D eigenvalue weighted by molar-refractivity contribution is 0.0317. The Hall–Kier alpha value is -4.66. The summed E-state index contributed by atoms with van der Waals surface area (Å²) in [5, 5.41) is 4.64. The molecule has 4 rings (SSSR count). The Balaban J connectivity index is 1.65. The molecule has 1 N–H and O–H groups in total. The summed E-state index contributed by atoms with van der Waals surface area (Å²) in [5.41, 5.74) is 3.43. The summed E-state index contributed by atoms with van der Waals surface area (Å²) in [6.07, 6.45) is 0.444. The summed E-state index contributed by atoms with van der Waals surface area (Å²) in [6.45, 7) is 6.76. The van der Waals surface area contributed by atoms with Crippen molar-refractivity contribution in [1.29, 1.82) is 0 Å². The second kappa shape index (κ2) is 11.2. The molecule has 1 atom stereocenters. The van der Waals surface area contributed by atoms with Gasteiger partial charge in [0, 0.05) is 17.5 Å². The van der Waals surface area contributed by atoms with Crippen molar-refractivity contribution < 1.29 is 28.6 Å². The molecule has 0 aliphatic carbocycles. The van der Waals surface area contributed by atoms with E-state index in [9.17, 15) is 14.4 Å². The van der Waals surface area contributed by atoms with Crippen LogP contribution < -0.4 is 4.74 Å². The molecule has 0 bridgehead atoms. The van der Waals surface area contributed by atoms with Crippen LogP contribution in [0.15, 0.2) is 60.8 Å². The molecule has 0 unspecified atom stereocenters. The van der Waals surface area contributed by atoms with Gasteiger partial charge in [0.2, 0.25) is 5.78 Å². The number of ketones is 1. The van der Waals surface area contributed by atoms with Gasteiger partial charge in [-0.3, -0.25) is 4.79 Å². The van der Waals surface area contributed by atoms with Crippen LogP contribution in [0.2, 0.25) is 0 Å². The molecule has 2 heterocycles. The Labute approximate surface area is 220 Å². The number of rotatable bonds is 9. The molecule has 0 saturated heterocycles. The molecule has 2 aromatic carbocycles. The number of H-pyrrole nitrogens is 1. The van der Waals surface area contributed by atoms with Crippen molar-refractivity contribution in [3.8, 4) is 22.7 Å². The van der Waals surface area contributed by atoms with Gasteiger partial charge >= 0.3 is 11.9 Å². The van der Waals surface area contributed by atoms with E-state index in [0.717, 1.165) is 5.69 Å². The number of carbonyl (C=O) groups excluding carboxylic acids is 3. The van der Waals surface area contributed by atoms with Crippen molar-refractivity contribution in [2.24, 2.45) is 0 Å². The number of Topliss-reactive ketones (excluding diaryl/α,β-unsaturated/α-hetero) is 1. The Kier molecular flexibility index (Phi) is 7.76. The molecule has 2 aromatic heterocycles. The summed E-state index contributed by atoms with van der Waals surface area (Å²) in [6, 6.07) is 16.5. The number of benzene rings is 2. The van der Waals surface area contributed by atoms with Crippen LogP contribution in [-0.4, -0.2) is 52.3 Å². The molecule has 196 valence electrons. The first-order valence-corrected chi connectivity index (χ1v) is 12.2. The smallest absolute Gasteiger partial charge is 0.342 e. The van der Waals surface area contributed by atoms with Crippen LogP contribution in [0.5, 0.6) is 5.75 Å². The molecule has 0 fully saturated rings. The monoisotopic (exact) mass is 515 g/mol. The molecule has 0 spiro atoms. The summed E-state index contributed by atoms with van der Waals surface area (Å²) < 4.78 is 17.6. The van der Waals surface area contributed by atoms with E-state index in [1.165, 1.54) is 6.92 Å². The number of aromatic amines is 1. The number of nitrogens with zero attached hydrogens (tertiary/aromatic N) is 2. The number of methoxy groups -OCH3 is 1. The number of carbonyl (C=O) groups is 3. The highest BCUT2D eigenvalue weighted by Gasteiger charge is 2.29. The first-order chi connectivity index (χ1) is 18.2. The van der Waals surface area contributed by atoms with E-state index >= 15 is 0 Å². The Morgan fingerprint density at radius 3 is 2.45 bits per heavy atom. The fourth-order valence-electron chi connectivity index (χ4n) is 4.21. The quantitative estimate of drug-likeness (QED) is 0.244. The van der Waals surface area contributed by atoms with E-state index < -0.39 is 23.8 Å². The number of ether oxygens (including phenoxy) is 3. The number of hydrogen-bond acceptors (Lipinski definition) is 7. The zero-order valence-corrected chi connectivity index (χ0v) is 21.9. The average molecular weight is 516 g/mol. The molecule has 0 amide bonds. The van der Waals surface area contributed by atoms with Crippen molar-refractivity contribution in [2.45, 2.75) is 33.8 Å².